The van der Waals surface area contributed by atoms with Gasteiger partial charge in [0, 0.05) is 12.8 Å². The summed E-state index contributed by atoms with van der Waals surface area (Å²) in [5.74, 6) is -18.3. The monoisotopic (exact) mass is 1510 g/mol. The second-order valence-corrected chi connectivity index (χ2v) is 32.0. The molecule has 0 spiro atoms. The lowest BCUT2D eigenvalue weighted by atomic mass is 9.97. The van der Waals surface area contributed by atoms with Crippen LogP contribution in [0.2, 0.25) is 0 Å². The number of aliphatic carboxylic acids is 3. The number of carbonyl (C=O) groups excluding carboxylic acids is 13. The van der Waals surface area contributed by atoms with Crippen molar-refractivity contribution in [3.8, 4) is 0 Å². The van der Waals surface area contributed by atoms with Gasteiger partial charge in [0.25, 0.3) is 0 Å². The molecule has 0 heterocycles. The fourth-order valence-electron chi connectivity index (χ4n) is 11.4. The lowest BCUT2D eigenvalue weighted by molar-refractivity contribution is -0.143. The summed E-state index contributed by atoms with van der Waals surface area (Å²) < 4.78 is 0. The normalized spacial score (nSPS) is 15.3. The van der Waals surface area contributed by atoms with E-state index in [9.17, 15) is 92.0 Å². The largest absolute Gasteiger partial charge is 0.481 e. The van der Waals surface area contributed by atoms with Crippen LogP contribution in [0.4, 0.5) is 0 Å². The lowest BCUT2D eigenvalue weighted by Gasteiger charge is -2.30. The number of nitrogens with one attached hydrogen (secondary N) is 12. The van der Waals surface area contributed by atoms with Gasteiger partial charge in [0.1, 0.15) is 72.5 Å². The van der Waals surface area contributed by atoms with Crippen molar-refractivity contribution in [3.63, 3.8) is 0 Å². The van der Waals surface area contributed by atoms with E-state index in [0.29, 0.717) is 0 Å². The highest BCUT2D eigenvalue weighted by Crippen LogP contribution is 2.18. The Bertz CT molecular complexity index is 2940. The molecule has 0 unspecified atom stereocenters. The molecule has 0 aliphatic carbocycles. The van der Waals surface area contributed by atoms with Crippen molar-refractivity contribution in [1.82, 2.24) is 63.8 Å². The van der Waals surface area contributed by atoms with Crippen LogP contribution in [-0.2, 0) is 76.7 Å². The van der Waals surface area contributed by atoms with E-state index >= 15 is 0 Å². The molecule has 0 aliphatic heterocycles. The van der Waals surface area contributed by atoms with Crippen LogP contribution in [-0.4, -0.2) is 189 Å². The molecule has 0 aromatic heterocycles. The number of primary amides is 1. The summed E-state index contributed by atoms with van der Waals surface area (Å²) in [6, 6.07) is -18.2. The summed E-state index contributed by atoms with van der Waals surface area (Å²) in [6.45, 7) is 35.1. The van der Waals surface area contributed by atoms with Crippen LogP contribution in [0.15, 0.2) is 0 Å². The first kappa shape index (κ1) is 97.5. The van der Waals surface area contributed by atoms with E-state index in [1.807, 2.05) is 27.7 Å². The molecule has 0 fully saturated rings. The summed E-state index contributed by atoms with van der Waals surface area (Å²) in [5, 5.41) is 60.6. The molecule has 0 aliphatic rings. The Morgan fingerprint density at radius 3 is 0.623 bits per heavy atom. The molecule has 19 N–H and O–H groups in total. The van der Waals surface area contributed by atoms with E-state index in [1.165, 1.54) is 0 Å². The first-order chi connectivity index (χ1) is 48.9. The molecule has 0 aromatic rings. The average Bonchev–Trinajstić information content (AvgIpc) is 0.848. The molecule has 13 atom stereocenters. The van der Waals surface area contributed by atoms with E-state index < -0.39 is 205 Å². The van der Waals surface area contributed by atoms with Crippen molar-refractivity contribution < 1.29 is 92.0 Å². The highest BCUT2D eigenvalue weighted by atomic mass is 16.4. The fourth-order valence-corrected chi connectivity index (χ4v) is 11.4. The minimum Gasteiger partial charge on any atom is -0.481 e. The third kappa shape index (κ3) is 40.3. The van der Waals surface area contributed by atoms with Crippen LogP contribution in [0.5, 0.6) is 0 Å². The van der Waals surface area contributed by atoms with Crippen molar-refractivity contribution in [3.05, 3.63) is 0 Å². The zero-order valence-corrected chi connectivity index (χ0v) is 66.2. The van der Waals surface area contributed by atoms with E-state index in [4.69, 9.17) is 11.5 Å². The number of nitrogens with two attached hydrogens (primary N) is 2. The van der Waals surface area contributed by atoms with Gasteiger partial charge in [-0.1, -0.05) is 138 Å². The number of hydrogen-bond donors (Lipinski definition) is 17. The number of carbonyl (C=O) groups is 16. The second-order valence-electron chi connectivity index (χ2n) is 32.0. The Morgan fingerprint density at radius 1 is 0.245 bits per heavy atom. The first-order valence-corrected chi connectivity index (χ1v) is 37.3. The smallest absolute Gasteiger partial charge is 0.326 e. The van der Waals surface area contributed by atoms with E-state index in [0.717, 1.165) is 0 Å². The van der Waals surface area contributed by atoms with Crippen molar-refractivity contribution in [2.45, 2.75) is 307 Å². The third-order valence-electron chi connectivity index (χ3n) is 16.7. The second kappa shape index (κ2) is 48.6. The van der Waals surface area contributed by atoms with Gasteiger partial charge in [0.15, 0.2) is 0 Å². The van der Waals surface area contributed by atoms with Gasteiger partial charge in [0.2, 0.25) is 76.8 Å². The minimum atomic E-state index is -1.83. The predicted octanol–water partition coefficient (Wildman–Crippen LogP) is 1.89. The zero-order valence-electron chi connectivity index (χ0n) is 66.2. The molecular weight excluding hydrogens is 1380 g/mol. The van der Waals surface area contributed by atoms with Crippen molar-refractivity contribution >= 4 is 94.7 Å². The molecule has 0 radical (unpaired) electrons. The van der Waals surface area contributed by atoms with Crippen LogP contribution in [0, 0.1) is 59.2 Å². The van der Waals surface area contributed by atoms with Crippen molar-refractivity contribution in [2.75, 3.05) is 0 Å². The van der Waals surface area contributed by atoms with E-state index in [2.05, 4.69) is 63.8 Å². The van der Waals surface area contributed by atoms with Crippen LogP contribution in [0.1, 0.15) is 228 Å². The molecule has 0 rings (SSSR count). The fraction of sp³-hybridized carbons (Fsp3) is 0.781. The summed E-state index contributed by atoms with van der Waals surface area (Å²) in [6.07, 6.45) is -3.06. The van der Waals surface area contributed by atoms with Gasteiger partial charge in [-0.3, -0.25) is 71.9 Å². The summed E-state index contributed by atoms with van der Waals surface area (Å²) in [4.78, 5) is 219. The standard InChI is InChI=1S/C73H130N14O19/c1-35(2)25-47(80-65(97)50(28-38(7)8)79-62(94)46(22-24-58(89)90)77-64(96)48(26-36(3)4)81-67(99)51(29-39(9)10)83-69(101)54(32-42(15)16)86-72(104)60(75)44(19)20)63(95)76-45(21-23-57(74)88)61(93)78-49(27-37(5)6)66(98)82-52(30-40(11)12)68(100)85-55(34-59(91)92)71(103)84-53(31-41(13)14)70(102)87-56(73(105)106)33-43(17)18/h35-56,60H,21-34,75H2,1-20H3,(H2,74,88)(H,76,95)(H,77,96)(H,78,93)(H,79,94)(H,80,97)(H,81,99)(H,82,98)(H,83,101)(H,84,103)(H,85,100)(H,86,104)(H,87,102)(H,89,90)(H,91,92)(H,105,106)/t45-,46-,47-,48-,49-,50-,51-,52-,53-,54-,55-,56-,60-/m0/s1. The van der Waals surface area contributed by atoms with Crippen LogP contribution >= 0.6 is 0 Å². The molecule has 106 heavy (non-hydrogen) atoms. The Hall–Kier alpha value is -8.52. The van der Waals surface area contributed by atoms with E-state index in [1.54, 1.807) is 111 Å². The quantitative estimate of drug-likeness (QED) is 0.0413. The average molecular weight is 1510 g/mol. The zero-order chi connectivity index (χ0) is 81.9. The molecule has 33 nitrogen and oxygen atoms in total. The molecule has 0 aromatic carbocycles. The Balaban J connectivity index is 7.24. The van der Waals surface area contributed by atoms with Crippen molar-refractivity contribution in [1.29, 1.82) is 0 Å². The molecular formula is C73H130N14O19. The van der Waals surface area contributed by atoms with Crippen LogP contribution < -0.4 is 75.3 Å². The maximum atomic E-state index is 14.6. The topological polar surface area (TPSA) is 530 Å². The number of carboxylic acid groups (broad SMARTS) is 3. The third-order valence-corrected chi connectivity index (χ3v) is 16.7. The lowest BCUT2D eigenvalue weighted by Crippen LogP contribution is -2.61. The Kier molecular flexibility index (Phi) is 44.7. The minimum absolute atomic E-state index is 0.00238. The molecule has 0 saturated carbocycles. The Morgan fingerprint density at radius 2 is 0.425 bits per heavy atom. The van der Waals surface area contributed by atoms with Gasteiger partial charge in [-0.2, -0.15) is 0 Å². The van der Waals surface area contributed by atoms with Gasteiger partial charge >= 0.3 is 17.9 Å². The SMILES string of the molecule is CC(C)C[C@H](NC(=O)[C@H](CC(C)C)NC(=O)[C@H](CC(=O)O)NC(=O)[C@H](CC(C)C)NC(=O)[C@H](CC(C)C)NC(=O)[C@H](CCC(N)=O)NC(=O)[C@H](CC(C)C)NC(=O)[C@H](CC(C)C)NC(=O)[C@H](CCC(=O)O)NC(=O)[C@H](CC(C)C)NC(=O)[C@H](CC(C)C)NC(=O)[C@H](CC(C)C)NC(=O)[C@@H](N)C(C)C)C(=O)O. The molecule has 33 heteroatoms. The predicted molar refractivity (Wildman–Crippen MR) is 396 cm³/mol. The van der Waals surface area contributed by atoms with Crippen molar-refractivity contribution in [2.24, 2.45) is 70.6 Å². The van der Waals surface area contributed by atoms with Crippen LogP contribution in [0.25, 0.3) is 0 Å². The van der Waals surface area contributed by atoms with Gasteiger partial charge in [-0.25, -0.2) is 4.79 Å². The number of amides is 13. The maximum Gasteiger partial charge on any atom is 0.326 e. The highest BCUT2D eigenvalue weighted by molar-refractivity contribution is 6.00. The van der Waals surface area contributed by atoms with Gasteiger partial charge in [-0.15, -0.1) is 0 Å². The van der Waals surface area contributed by atoms with Gasteiger partial charge < -0.3 is 90.6 Å². The van der Waals surface area contributed by atoms with E-state index in [-0.39, 0.29) is 117 Å². The summed E-state index contributed by atoms with van der Waals surface area (Å²) >= 11 is 0. The maximum absolute atomic E-state index is 14.6. The Labute approximate surface area is 625 Å². The van der Waals surface area contributed by atoms with Gasteiger partial charge in [0.05, 0.1) is 12.5 Å². The van der Waals surface area contributed by atoms with Crippen LogP contribution in [0.3, 0.4) is 0 Å². The summed E-state index contributed by atoms with van der Waals surface area (Å²) in [5.41, 5.74) is 11.6. The first-order valence-electron chi connectivity index (χ1n) is 37.3. The number of rotatable bonds is 52. The number of hydrogen-bond acceptors (Lipinski definition) is 17. The number of carboxylic acids is 3. The van der Waals surface area contributed by atoms with Gasteiger partial charge in [-0.05, 0) is 130 Å². The highest BCUT2D eigenvalue weighted by Gasteiger charge is 2.39. The molecule has 0 bridgehead atoms. The molecule has 606 valence electrons. The summed E-state index contributed by atoms with van der Waals surface area (Å²) in [7, 11) is 0. The molecule has 13 amide bonds. The molecule has 0 saturated heterocycles.